The first-order chi connectivity index (χ1) is 13.2. The molecule has 0 saturated carbocycles. The van der Waals surface area contributed by atoms with Crippen molar-refractivity contribution in [2.24, 2.45) is 5.41 Å². The molecule has 0 spiro atoms. The third-order valence-electron chi connectivity index (χ3n) is 6.04. The van der Waals surface area contributed by atoms with Crippen LogP contribution in [0.1, 0.15) is 71.3 Å². The lowest BCUT2D eigenvalue weighted by Gasteiger charge is -2.39. The molecule has 0 bridgehead atoms. The smallest absolute Gasteiger partial charge is 0.223 e. The first-order valence-corrected chi connectivity index (χ1v) is 10.5. The number of likely N-dealkylation sites (tertiary alicyclic amines) is 2. The summed E-state index contributed by atoms with van der Waals surface area (Å²) in [6, 6.07) is 6.59. The van der Waals surface area contributed by atoms with Crippen molar-refractivity contribution < 1.29 is 14.0 Å². The molecule has 0 radical (unpaired) electrons. The van der Waals surface area contributed by atoms with Gasteiger partial charge in [-0.1, -0.05) is 45.7 Å². The van der Waals surface area contributed by atoms with Crippen LogP contribution in [0.3, 0.4) is 0 Å². The lowest BCUT2D eigenvalue weighted by Crippen LogP contribution is -2.51. The van der Waals surface area contributed by atoms with E-state index in [1.807, 2.05) is 15.9 Å². The van der Waals surface area contributed by atoms with Gasteiger partial charge in [0.15, 0.2) is 0 Å². The molecule has 1 aromatic carbocycles. The first-order valence-electron chi connectivity index (χ1n) is 10.5. The van der Waals surface area contributed by atoms with E-state index < -0.39 is 0 Å². The molecule has 5 heteroatoms. The average Bonchev–Trinajstić information content (AvgIpc) is 2.91. The molecule has 28 heavy (non-hydrogen) atoms. The summed E-state index contributed by atoms with van der Waals surface area (Å²) in [7, 11) is 0. The quantitative estimate of drug-likeness (QED) is 0.756. The van der Waals surface area contributed by atoms with Crippen molar-refractivity contribution in [2.45, 2.75) is 77.8 Å². The van der Waals surface area contributed by atoms with E-state index in [0.29, 0.717) is 19.5 Å². The van der Waals surface area contributed by atoms with E-state index >= 15 is 0 Å². The maximum Gasteiger partial charge on any atom is 0.223 e. The second-order valence-electron chi connectivity index (χ2n) is 9.56. The summed E-state index contributed by atoms with van der Waals surface area (Å²) in [6.07, 6.45) is 4.48. The third kappa shape index (κ3) is 4.56. The van der Waals surface area contributed by atoms with Gasteiger partial charge in [-0.25, -0.2) is 4.39 Å². The summed E-state index contributed by atoms with van der Waals surface area (Å²) >= 11 is 0. The number of hydrogen-bond acceptors (Lipinski definition) is 2. The molecular weight excluding hydrogens is 355 g/mol. The van der Waals surface area contributed by atoms with Crippen LogP contribution in [-0.2, 0) is 9.59 Å². The van der Waals surface area contributed by atoms with Crippen LogP contribution >= 0.6 is 0 Å². The molecule has 2 aliphatic rings. The van der Waals surface area contributed by atoms with E-state index in [1.54, 1.807) is 19.1 Å². The van der Waals surface area contributed by atoms with Crippen molar-refractivity contribution in [2.75, 3.05) is 13.1 Å². The molecule has 2 saturated heterocycles. The molecule has 3 atom stereocenters. The van der Waals surface area contributed by atoms with Gasteiger partial charge in [-0.3, -0.25) is 9.59 Å². The maximum atomic E-state index is 14.0. The average molecular weight is 389 g/mol. The van der Waals surface area contributed by atoms with E-state index in [0.717, 1.165) is 31.2 Å². The molecule has 0 unspecified atom stereocenters. The highest BCUT2D eigenvalue weighted by atomic mass is 19.1. The van der Waals surface area contributed by atoms with Crippen molar-refractivity contribution in [3.8, 4) is 0 Å². The first kappa shape index (κ1) is 20.8. The second kappa shape index (κ2) is 8.22. The number of carbonyl (C=O) groups excluding carboxylic acids is 2. The minimum Gasteiger partial charge on any atom is -0.337 e. The highest BCUT2D eigenvalue weighted by Crippen LogP contribution is 2.40. The zero-order valence-electron chi connectivity index (χ0n) is 17.6. The van der Waals surface area contributed by atoms with Gasteiger partial charge in [0.05, 0.1) is 12.1 Å². The zero-order valence-corrected chi connectivity index (χ0v) is 17.6. The molecule has 3 rings (SSSR count). The third-order valence-corrected chi connectivity index (χ3v) is 6.04. The van der Waals surface area contributed by atoms with Gasteiger partial charge in [-0.15, -0.1) is 0 Å². The highest BCUT2D eigenvalue weighted by molar-refractivity contribution is 5.79. The summed E-state index contributed by atoms with van der Waals surface area (Å²) < 4.78 is 14.0. The van der Waals surface area contributed by atoms with E-state index in [1.165, 1.54) is 6.07 Å². The SMILES string of the molecule is CC(=O)N1CCCCC[C@@H]2[C@@H]1[C@H](c1cccc(F)c1)CN2C(=O)CC(C)(C)C. The van der Waals surface area contributed by atoms with Gasteiger partial charge in [0.1, 0.15) is 5.82 Å². The van der Waals surface area contributed by atoms with Crippen LogP contribution < -0.4 is 0 Å². The Morgan fingerprint density at radius 2 is 1.89 bits per heavy atom. The maximum absolute atomic E-state index is 14.0. The van der Waals surface area contributed by atoms with Crippen LogP contribution in [0.15, 0.2) is 24.3 Å². The molecule has 4 nitrogen and oxygen atoms in total. The minimum absolute atomic E-state index is 0.00678. The van der Waals surface area contributed by atoms with Gasteiger partial charge in [0, 0.05) is 32.4 Å². The van der Waals surface area contributed by atoms with Crippen molar-refractivity contribution in [1.29, 1.82) is 0 Å². The van der Waals surface area contributed by atoms with Gasteiger partial charge in [0.2, 0.25) is 11.8 Å². The Bertz CT molecular complexity index is 728. The topological polar surface area (TPSA) is 40.6 Å². The Hall–Kier alpha value is -1.91. The van der Waals surface area contributed by atoms with Crippen LogP contribution in [0.5, 0.6) is 0 Å². The number of amides is 2. The predicted molar refractivity (Wildman–Crippen MR) is 108 cm³/mol. The van der Waals surface area contributed by atoms with E-state index in [-0.39, 0.29) is 41.0 Å². The second-order valence-corrected chi connectivity index (χ2v) is 9.56. The van der Waals surface area contributed by atoms with Gasteiger partial charge >= 0.3 is 0 Å². The number of halogens is 1. The molecular formula is C23H33FN2O2. The van der Waals surface area contributed by atoms with Crippen molar-refractivity contribution in [3.05, 3.63) is 35.6 Å². The largest absolute Gasteiger partial charge is 0.337 e. The Balaban J connectivity index is 2.00. The number of nitrogens with zero attached hydrogens (tertiary/aromatic N) is 2. The minimum atomic E-state index is -0.270. The molecule has 0 aromatic heterocycles. The molecule has 1 aromatic rings. The number of rotatable bonds is 2. The van der Waals surface area contributed by atoms with Gasteiger partial charge < -0.3 is 9.80 Å². The number of carbonyl (C=O) groups is 2. The summed E-state index contributed by atoms with van der Waals surface area (Å²) in [6.45, 7) is 9.09. The lowest BCUT2D eigenvalue weighted by atomic mass is 9.86. The molecule has 0 aliphatic carbocycles. The van der Waals surface area contributed by atoms with E-state index in [9.17, 15) is 14.0 Å². The fraction of sp³-hybridized carbons (Fsp3) is 0.652. The van der Waals surface area contributed by atoms with Crippen molar-refractivity contribution >= 4 is 11.8 Å². The Labute approximate surface area is 168 Å². The molecule has 2 aliphatic heterocycles. The molecule has 2 fully saturated rings. The highest BCUT2D eigenvalue weighted by Gasteiger charge is 2.48. The fourth-order valence-corrected chi connectivity index (χ4v) is 4.87. The van der Waals surface area contributed by atoms with Crippen LogP contribution in [0.2, 0.25) is 0 Å². The van der Waals surface area contributed by atoms with Crippen LogP contribution in [0.25, 0.3) is 0 Å². The van der Waals surface area contributed by atoms with Crippen LogP contribution in [0, 0.1) is 11.2 Å². The van der Waals surface area contributed by atoms with E-state index in [4.69, 9.17) is 0 Å². The standard InChI is InChI=1S/C23H33FN2O2/c1-16(27)25-12-7-5-6-11-20-22(25)19(17-9-8-10-18(24)13-17)15-26(20)21(28)14-23(2,3)4/h8-10,13,19-20,22H,5-7,11-12,14-15H2,1-4H3/t19-,20+,22-/m0/s1. The van der Waals surface area contributed by atoms with Gasteiger partial charge in [-0.2, -0.15) is 0 Å². The Kier molecular flexibility index (Phi) is 6.11. The summed E-state index contributed by atoms with van der Waals surface area (Å²) in [5, 5.41) is 0. The summed E-state index contributed by atoms with van der Waals surface area (Å²) in [5.41, 5.74) is 0.790. The van der Waals surface area contributed by atoms with Crippen molar-refractivity contribution in [3.63, 3.8) is 0 Å². The Morgan fingerprint density at radius 1 is 1.14 bits per heavy atom. The summed E-state index contributed by atoms with van der Waals surface area (Å²) in [5.74, 6) is -0.130. The van der Waals surface area contributed by atoms with Crippen LogP contribution in [0.4, 0.5) is 4.39 Å². The number of fused-ring (bicyclic) bond motifs is 1. The molecule has 0 N–H and O–H groups in total. The number of hydrogen-bond donors (Lipinski definition) is 0. The van der Waals surface area contributed by atoms with Gasteiger partial charge in [0.25, 0.3) is 0 Å². The van der Waals surface area contributed by atoms with Crippen molar-refractivity contribution in [1.82, 2.24) is 9.80 Å². The normalized spacial score (nSPS) is 25.8. The Morgan fingerprint density at radius 3 is 2.54 bits per heavy atom. The molecule has 2 amide bonds. The molecule has 2 heterocycles. The van der Waals surface area contributed by atoms with Gasteiger partial charge in [-0.05, 0) is 36.0 Å². The van der Waals surface area contributed by atoms with E-state index in [2.05, 4.69) is 20.8 Å². The fourth-order valence-electron chi connectivity index (χ4n) is 4.87. The predicted octanol–water partition coefficient (Wildman–Crippen LogP) is 4.35. The van der Waals surface area contributed by atoms with Crippen LogP contribution in [-0.4, -0.2) is 46.8 Å². The molecule has 154 valence electrons. The lowest BCUT2D eigenvalue weighted by molar-refractivity contribution is -0.138. The number of benzene rings is 1. The summed E-state index contributed by atoms with van der Waals surface area (Å²) in [4.78, 5) is 29.6. The monoisotopic (exact) mass is 388 g/mol. The zero-order chi connectivity index (χ0) is 20.5.